The number of carbonyl (C=O) groups is 1. The van der Waals surface area contributed by atoms with Crippen molar-refractivity contribution < 1.29 is 13.2 Å². The van der Waals surface area contributed by atoms with E-state index in [9.17, 15) is 13.2 Å². The number of hydrogen-bond donors (Lipinski definition) is 1. The zero-order chi connectivity index (χ0) is 20.4. The van der Waals surface area contributed by atoms with E-state index in [2.05, 4.69) is 11.4 Å². The van der Waals surface area contributed by atoms with Crippen molar-refractivity contribution >= 4 is 32.3 Å². The van der Waals surface area contributed by atoms with Crippen LogP contribution < -0.4 is 5.32 Å². The molecule has 6 heteroatoms. The molecule has 1 heterocycles. The van der Waals surface area contributed by atoms with Crippen LogP contribution >= 0.6 is 0 Å². The number of nitrogens with zero attached hydrogens (tertiary/aromatic N) is 1. The van der Waals surface area contributed by atoms with Crippen LogP contribution in [-0.4, -0.2) is 25.1 Å². The molecule has 3 aromatic carbocycles. The molecule has 29 heavy (non-hydrogen) atoms. The Hall–Kier alpha value is -3.38. The average Bonchev–Trinajstić information content (AvgIpc) is 3.07. The molecule has 1 N–H and O–H groups in total. The number of aromatic nitrogens is 1. The molecular weight excluding hydrogens is 384 g/mol. The lowest BCUT2D eigenvalue weighted by molar-refractivity contribution is -0.116. The molecule has 0 saturated heterocycles. The van der Waals surface area contributed by atoms with Crippen molar-refractivity contribution in [3.63, 3.8) is 0 Å². The van der Waals surface area contributed by atoms with Gasteiger partial charge in [0, 0.05) is 28.5 Å². The van der Waals surface area contributed by atoms with Gasteiger partial charge in [-0.25, -0.2) is 8.42 Å². The van der Waals surface area contributed by atoms with E-state index in [1.807, 2.05) is 59.2 Å². The summed E-state index contributed by atoms with van der Waals surface area (Å²) in [5, 5.41) is 3.91. The van der Waals surface area contributed by atoms with Crippen LogP contribution in [0, 0.1) is 0 Å². The van der Waals surface area contributed by atoms with E-state index in [0.717, 1.165) is 28.4 Å². The summed E-state index contributed by atoms with van der Waals surface area (Å²) in [6.45, 7) is 0.144. The van der Waals surface area contributed by atoms with Crippen LogP contribution in [-0.2, 0) is 21.2 Å². The molecule has 0 aliphatic heterocycles. The molecule has 0 bridgehead atoms. The van der Waals surface area contributed by atoms with Gasteiger partial charge in [-0.05, 0) is 42.0 Å². The highest BCUT2D eigenvalue weighted by Crippen LogP contribution is 2.28. The SMILES string of the molecule is CS(=O)(=O)c1ccc(NC(=O)Cn2c(-c3ccccc3)cc3ccccc32)cc1. The van der Waals surface area contributed by atoms with Crippen LogP contribution in [0.2, 0.25) is 0 Å². The van der Waals surface area contributed by atoms with Crippen molar-refractivity contribution in [2.24, 2.45) is 0 Å². The van der Waals surface area contributed by atoms with Crippen molar-refractivity contribution in [1.82, 2.24) is 4.57 Å². The van der Waals surface area contributed by atoms with Gasteiger partial charge in [-0.15, -0.1) is 0 Å². The molecule has 4 rings (SSSR count). The van der Waals surface area contributed by atoms with Gasteiger partial charge < -0.3 is 9.88 Å². The Bertz CT molecular complexity index is 1270. The number of benzene rings is 3. The molecule has 0 unspecified atom stereocenters. The molecule has 1 amide bonds. The van der Waals surface area contributed by atoms with E-state index in [1.54, 1.807) is 12.1 Å². The topological polar surface area (TPSA) is 68.2 Å². The van der Waals surface area contributed by atoms with E-state index in [4.69, 9.17) is 0 Å². The quantitative estimate of drug-likeness (QED) is 0.538. The Balaban J connectivity index is 1.63. The van der Waals surface area contributed by atoms with Crippen LogP contribution in [0.5, 0.6) is 0 Å². The van der Waals surface area contributed by atoms with Gasteiger partial charge in [0.15, 0.2) is 9.84 Å². The highest BCUT2D eigenvalue weighted by Gasteiger charge is 2.14. The predicted octanol–water partition coefficient (Wildman–Crippen LogP) is 4.35. The zero-order valence-electron chi connectivity index (χ0n) is 15.9. The third-order valence-corrected chi connectivity index (χ3v) is 5.88. The lowest BCUT2D eigenvalue weighted by Crippen LogP contribution is -2.19. The standard InChI is InChI=1S/C23H20N2O3S/c1-29(27,28)20-13-11-19(12-14-20)24-23(26)16-25-21-10-6-5-9-18(21)15-22(25)17-7-3-2-4-8-17/h2-15H,16H2,1H3,(H,24,26). The molecular formula is C23H20N2O3S. The molecule has 0 aliphatic rings. The van der Waals surface area contributed by atoms with Gasteiger partial charge in [0.05, 0.1) is 4.90 Å². The van der Waals surface area contributed by atoms with Crippen LogP contribution in [0.1, 0.15) is 0 Å². The second-order valence-electron chi connectivity index (χ2n) is 6.89. The summed E-state index contributed by atoms with van der Waals surface area (Å²) in [6, 6.07) is 26.2. The minimum absolute atomic E-state index is 0.144. The minimum Gasteiger partial charge on any atom is -0.331 e. The number of fused-ring (bicyclic) bond motifs is 1. The van der Waals surface area contributed by atoms with Crippen molar-refractivity contribution in [2.75, 3.05) is 11.6 Å². The van der Waals surface area contributed by atoms with E-state index >= 15 is 0 Å². The Kier molecular flexibility index (Phi) is 4.94. The first-order valence-electron chi connectivity index (χ1n) is 9.15. The fourth-order valence-corrected chi connectivity index (χ4v) is 3.99. The van der Waals surface area contributed by atoms with Gasteiger partial charge in [-0.1, -0.05) is 48.5 Å². The number of anilines is 1. The molecule has 0 saturated carbocycles. The highest BCUT2D eigenvalue weighted by molar-refractivity contribution is 7.90. The summed E-state index contributed by atoms with van der Waals surface area (Å²) in [7, 11) is -3.27. The first kappa shape index (κ1) is 19.0. The number of carbonyl (C=O) groups excluding carboxylic acids is 1. The fraction of sp³-hybridized carbons (Fsp3) is 0.0870. The summed E-state index contributed by atoms with van der Waals surface area (Å²) < 4.78 is 25.2. The maximum absolute atomic E-state index is 12.7. The van der Waals surface area contributed by atoms with Gasteiger partial charge in [0.25, 0.3) is 0 Å². The van der Waals surface area contributed by atoms with Crippen molar-refractivity contribution in [1.29, 1.82) is 0 Å². The molecule has 4 aromatic rings. The minimum atomic E-state index is -3.27. The summed E-state index contributed by atoms with van der Waals surface area (Å²) in [4.78, 5) is 13.0. The third kappa shape index (κ3) is 4.07. The Morgan fingerprint density at radius 3 is 2.24 bits per heavy atom. The molecule has 0 aliphatic carbocycles. The molecule has 5 nitrogen and oxygen atoms in total. The Morgan fingerprint density at radius 2 is 1.55 bits per heavy atom. The lowest BCUT2D eigenvalue weighted by Gasteiger charge is -2.12. The van der Waals surface area contributed by atoms with Crippen LogP contribution in [0.25, 0.3) is 22.2 Å². The van der Waals surface area contributed by atoms with Crippen LogP contribution in [0.4, 0.5) is 5.69 Å². The maximum Gasteiger partial charge on any atom is 0.244 e. The highest BCUT2D eigenvalue weighted by atomic mass is 32.2. The Labute approximate surface area is 169 Å². The Morgan fingerprint density at radius 1 is 0.897 bits per heavy atom. The number of hydrogen-bond acceptors (Lipinski definition) is 3. The first-order valence-corrected chi connectivity index (χ1v) is 11.0. The average molecular weight is 404 g/mol. The van der Waals surface area contributed by atoms with Gasteiger partial charge in [0.2, 0.25) is 5.91 Å². The number of amides is 1. The molecule has 146 valence electrons. The fourth-order valence-electron chi connectivity index (χ4n) is 3.36. The molecule has 1 aromatic heterocycles. The largest absolute Gasteiger partial charge is 0.331 e. The van der Waals surface area contributed by atoms with Gasteiger partial charge in [-0.2, -0.15) is 0 Å². The first-order chi connectivity index (χ1) is 13.9. The normalized spacial score (nSPS) is 11.5. The number of sulfone groups is 1. The molecule has 0 spiro atoms. The number of nitrogens with one attached hydrogen (secondary N) is 1. The third-order valence-electron chi connectivity index (χ3n) is 4.75. The van der Waals surface area contributed by atoms with E-state index in [0.29, 0.717) is 5.69 Å². The predicted molar refractivity (Wildman–Crippen MR) is 116 cm³/mol. The van der Waals surface area contributed by atoms with Crippen molar-refractivity contribution in [2.45, 2.75) is 11.4 Å². The van der Waals surface area contributed by atoms with E-state index in [1.165, 1.54) is 12.1 Å². The zero-order valence-corrected chi connectivity index (χ0v) is 16.7. The summed E-state index contributed by atoms with van der Waals surface area (Å²) in [5.74, 6) is -0.185. The smallest absolute Gasteiger partial charge is 0.244 e. The second-order valence-corrected chi connectivity index (χ2v) is 8.90. The van der Waals surface area contributed by atoms with Gasteiger partial charge in [-0.3, -0.25) is 4.79 Å². The second kappa shape index (κ2) is 7.56. The van der Waals surface area contributed by atoms with Crippen LogP contribution in [0.3, 0.4) is 0 Å². The summed E-state index contributed by atoms with van der Waals surface area (Å²) in [6.07, 6.45) is 1.16. The summed E-state index contributed by atoms with van der Waals surface area (Å²) in [5.41, 5.74) is 3.54. The lowest BCUT2D eigenvalue weighted by atomic mass is 10.1. The number of rotatable bonds is 5. The molecule has 0 radical (unpaired) electrons. The number of para-hydroxylation sites is 1. The van der Waals surface area contributed by atoms with Crippen molar-refractivity contribution in [3.8, 4) is 11.3 Å². The van der Waals surface area contributed by atoms with Gasteiger partial charge in [0.1, 0.15) is 6.54 Å². The van der Waals surface area contributed by atoms with E-state index in [-0.39, 0.29) is 17.3 Å². The maximum atomic E-state index is 12.7. The molecule has 0 atom stereocenters. The van der Waals surface area contributed by atoms with Crippen LogP contribution in [0.15, 0.2) is 89.8 Å². The van der Waals surface area contributed by atoms with E-state index < -0.39 is 9.84 Å². The van der Waals surface area contributed by atoms with Gasteiger partial charge >= 0.3 is 0 Å². The summed E-state index contributed by atoms with van der Waals surface area (Å²) >= 11 is 0. The van der Waals surface area contributed by atoms with Crippen molar-refractivity contribution in [3.05, 3.63) is 84.9 Å². The molecule has 0 fully saturated rings. The monoisotopic (exact) mass is 404 g/mol.